The van der Waals surface area contributed by atoms with E-state index in [-0.39, 0.29) is 16.7 Å². The van der Waals surface area contributed by atoms with Crippen molar-refractivity contribution in [1.29, 1.82) is 0 Å². The molecule has 0 atom stereocenters. The van der Waals surface area contributed by atoms with Gasteiger partial charge in [0.25, 0.3) is 0 Å². The third-order valence-electron chi connectivity index (χ3n) is 4.10. The van der Waals surface area contributed by atoms with Gasteiger partial charge >= 0.3 is 17.6 Å². The van der Waals surface area contributed by atoms with Crippen molar-refractivity contribution < 1.29 is 29.1 Å². The number of dihydropyridines is 1. The number of ether oxygens (including phenoxy) is 2. The maximum atomic E-state index is 12.3. The summed E-state index contributed by atoms with van der Waals surface area (Å²) >= 11 is 0. The van der Waals surface area contributed by atoms with Gasteiger partial charge in [-0.2, -0.15) is 0 Å². The van der Waals surface area contributed by atoms with E-state index in [2.05, 4.69) is 5.32 Å². The predicted octanol–water partition coefficient (Wildman–Crippen LogP) is 1.88. The number of benzene rings is 1. The molecule has 0 radical (unpaired) electrons. The monoisotopic (exact) mass is 362 g/mol. The second kappa shape index (κ2) is 7.26. The summed E-state index contributed by atoms with van der Waals surface area (Å²) in [5.74, 6) is -2.85. The lowest BCUT2D eigenvalue weighted by atomic mass is 9.80. The summed E-state index contributed by atoms with van der Waals surface area (Å²) < 4.78 is 9.63. The van der Waals surface area contributed by atoms with Gasteiger partial charge in [-0.15, -0.1) is 0 Å². The topological polar surface area (TPSA) is 128 Å². The van der Waals surface area contributed by atoms with Crippen LogP contribution in [0.25, 0.3) is 0 Å². The first kappa shape index (κ1) is 19.0. The molecule has 0 aliphatic carbocycles. The van der Waals surface area contributed by atoms with Crippen LogP contribution in [0.15, 0.2) is 40.7 Å². The lowest BCUT2D eigenvalue weighted by Gasteiger charge is -2.29. The van der Waals surface area contributed by atoms with E-state index in [1.165, 1.54) is 20.3 Å². The fourth-order valence-corrected chi connectivity index (χ4v) is 2.95. The van der Waals surface area contributed by atoms with Crippen LogP contribution >= 0.6 is 0 Å². The molecule has 9 nitrogen and oxygen atoms in total. The van der Waals surface area contributed by atoms with Crippen LogP contribution in [0.4, 0.5) is 5.69 Å². The highest BCUT2D eigenvalue weighted by Crippen LogP contribution is 2.41. The van der Waals surface area contributed by atoms with Crippen LogP contribution in [0.3, 0.4) is 0 Å². The zero-order valence-electron chi connectivity index (χ0n) is 14.7. The van der Waals surface area contributed by atoms with Crippen molar-refractivity contribution in [2.24, 2.45) is 0 Å². The zero-order valence-corrected chi connectivity index (χ0v) is 14.7. The van der Waals surface area contributed by atoms with Gasteiger partial charge in [0.05, 0.1) is 36.2 Å². The SMILES string of the molecule is COC(=O)C1=C(C)NC(C)=C(C(=O)OC)C1c1ccc(O)c([N+](=O)[O-])c1. The number of hydrogen-bond acceptors (Lipinski definition) is 8. The molecule has 0 spiro atoms. The molecule has 0 aromatic heterocycles. The van der Waals surface area contributed by atoms with Crippen molar-refractivity contribution in [3.8, 4) is 5.75 Å². The van der Waals surface area contributed by atoms with Crippen LogP contribution in [-0.2, 0) is 19.1 Å². The van der Waals surface area contributed by atoms with Crippen LogP contribution in [0.5, 0.6) is 5.75 Å². The molecule has 9 heteroatoms. The van der Waals surface area contributed by atoms with E-state index in [1.54, 1.807) is 13.8 Å². The number of phenolic OH excluding ortho intramolecular Hbond substituents is 1. The molecule has 1 aliphatic heterocycles. The summed E-state index contributed by atoms with van der Waals surface area (Å²) in [6, 6.07) is 3.67. The van der Waals surface area contributed by atoms with Crippen LogP contribution in [-0.4, -0.2) is 36.2 Å². The van der Waals surface area contributed by atoms with E-state index >= 15 is 0 Å². The summed E-state index contributed by atoms with van der Waals surface area (Å²) in [6.07, 6.45) is 0. The van der Waals surface area contributed by atoms with Crippen molar-refractivity contribution in [2.45, 2.75) is 19.8 Å². The molecule has 0 fully saturated rings. The number of nitrogens with zero attached hydrogens (tertiary/aromatic N) is 1. The third-order valence-corrected chi connectivity index (χ3v) is 4.10. The van der Waals surface area contributed by atoms with Crippen LogP contribution < -0.4 is 5.32 Å². The summed E-state index contributed by atoms with van der Waals surface area (Å²) in [7, 11) is 2.39. The first-order chi connectivity index (χ1) is 12.2. The number of hydrogen-bond donors (Lipinski definition) is 2. The first-order valence-corrected chi connectivity index (χ1v) is 7.55. The lowest BCUT2D eigenvalue weighted by Crippen LogP contribution is -2.32. The highest BCUT2D eigenvalue weighted by molar-refractivity contribution is 5.99. The minimum atomic E-state index is -0.949. The summed E-state index contributed by atoms with van der Waals surface area (Å²) in [6.45, 7) is 3.26. The number of carbonyl (C=O) groups excluding carboxylic acids is 2. The van der Waals surface area contributed by atoms with Crippen molar-refractivity contribution in [3.63, 3.8) is 0 Å². The largest absolute Gasteiger partial charge is 0.502 e. The standard InChI is InChI=1S/C17H18N2O7/c1-8-13(16(21)25-3)15(14(9(2)18-8)17(22)26-4)10-5-6-12(20)11(7-10)19(23)24/h5-7,15,18,20H,1-4H3. The van der Waals surface area contributed by atoms with E-state index in [4.69, 9.17) is 9.47 Å². The van der Waals surface area contributed by atoms with E-state index < -0.39 is 34.2 Å². The molecule has 0 unspecified atom stereocenters. The third kappa shape index (κ3) is 3.23. The number of esters is 2. The van der Waals surface area contributed by atoms with Gasteiger partial charge < -0.3 is 19.9 Å². The number of carbonyl (C=O) groups is 2. The van der Waals surface area contributed by atoms with Gasteiger partial charge in [-0.25, -0.2) is 9.59 Å². The van der Waals surface area contributed by atoms with Crippen molar-refractivity contribution >= 4 is 17.6 Å². The van der Waals surface area contributed by atoms with E-state index in [9.17, 15) is 24.8 Å². The Balaban J connectivity index is 2.76. The molecule has 1 aromatic carbocycles. The van der Waals surface area contributed by atoms with Gasteiger partial charge in [0, 0.05) is 17.5 Å². The number of nitro benzene ring substituents is 1. The van der Waals surface area contributed by atoms with Crippen LogP contribution in [0, 0.1) is 10.1 Å². The molecule has 0 saturated heterocycles. The van der Waals surface area contributed by atoms with Gasteiger partial charge in [-0.3, -0.25) is 10.1 Å². The van der Waals surface area contributed by atoms with Crippen molar-refractivity contribution in [3.05, 3.63) is 56.4 Å². The molecule has 1 aliphatic rings. The number of methoxy groups -OCH3 is 2. The number of aromatic hydroxyl groups is 1. The molecule has 0 amide bonds. The molecule has 26 heavy (non-hydrogen) atoms. The number of allylic oxidation sites excluding steroid dienone is 2. The Morgan fingerprint density at radius 2 is 1.62 bits per heavy atom. The van der Waals surface area contributed by atoms with Gasteiger partial charge in [0.1, 0.15) is 0 Å². The van der Waals surface area contributed by atoms with Gasteiger partial charge in [-0.1, -0.05) is 6.07 Å². The average molecular weight is 362 g/mol. The number of phenols is 1. The molecular weight excluding hydrogens is 344 g/mol. The van der Waals surface area contributed by atoms with Gasteiger partial charge in [-0.05, 0) is 25.5 Å². The van der Waals surface area contributed by atoms with Crippen LogP contribution in [0.1, 0.15) is 25.3 Å². The van der Waals surface area contributed by atoms with Crippen molar-refractivity contribution in [1.82, 2.24) is 5.32 Å². The first-order valence-electron chi connectivity index (χ1n) is 7.55. The maximum absolute atomic E-state index is 12.3. The molecule has 2 rings (SSSR count). The Labute approximate surface area is 149 Å². The minimum absolute atomic E-state index is 0.124. The van der Waals surface area contributed by atoms with Crippen molar-refractivity contribution in [2.75, 3.05) is 14.2 Å². The number of nitrogens with one attached hydrogen (secondary N) is 1. The Morgan fingerprint density at radius 3 is 2.04 bits per heavy atom. The number of nitro groups is 1. The van der Waals surface area contributed by atoms with Crippen LogP contribution in [0.2, 0.25) is 0 Å². The molecule has 0 bridgehead atoms. The average Bonchev–Trinajstić information content (AvgIpc) is 2.60. The quantitative estimate of drug-likeness (QED) is 0.472. The van der Waals surface area contributed by atoms with E-state index in [0.717, 1.165) is 12.1 Å². The zero-order chi connectivity index (χ0) is 19.6. The van der Waals surface area contributed by atoms with Gasteiger partial charge in [0.2, 0.25) is 0 Å². The smallest absolute Gasteiger partial charge is 0.336 e. The molecule has 1 heterocycles. The van der Waals surface area contributed by atoms with E-state index in [1.807, 2.05) is 0 Å². The van der Waals surface area contributed by atoms with Gasteiger partial charge in [0.15, 0.2) is 5.75 Å². The number of rotatable bonds is 4. The molecule has 1 aromatic rings. The molecule has 138 valence electrons. The predicted molar refractivity (Wildman–Crippen MR) is 90.1 cm³/mol. The fraction of sp³-hybridized carbons (Fsp3) is 0.294. The lowest BCUT2D eigenvalue weighted by molar-refractivity contribution is -0.385. The second-order valence-electron chi connectivity index (χ2n) is 5.62. The van der Waals surface area contributed by atoms with E-state index in [0.29, 0.717) is 11.4 Å². The molecular formula is C17H18N2O7. The minimum Gasteiger partial charge on any atom is -0.502 e. The highest BCUT2D eigenvalue weighted by Gasteiger charge is 2.38. The maximum Gasteiger partial charge on any atom is 0.336 e. The Bertz CT molecular complexity index is 817. The summed E-state index contributed by atoms with van der Waals surface area (Å²) in [5.41, 5.74) is 0.878. The second-order valence-corrected chi connectivity index (χ2v) is 5.62. The summed E-state index contributed by atoms with van der Waals surface area (Å²) in [4.78, 5) is 35.1. The Kier molecular flexibility index (Phi) is 5.30. The normalized spacial score (nSPS) is 14.8. The summed E-state index contributed by atoms with van der Waals surface area (Å²) in [5, 5.41) is 23.8. The molecule has 0 saturated carbocycles. The fourth-order valence-electron chi connectivity index (χ4n) is 2.95. The Morgan fingerprint density at radius 1 is 1.12 bits per heavy atom. The Hall–Kier alpha value is -3.36. The molecule has 2 N–H and O–H groups in total. The highest BCUT2D eigenvalue weighted by atomic mass is 16.6.